The minimum Gasteiger partial charge on any atom is -0.354 e. The van der Waals surface area contributed by atoms with Crippen molar-refractivity contribution in [3.8, 4) is 67.0 Å². The molecule has 0 bridgehead atoms. The van der Waals surface area contributed by atoms with Gasteiger partial charge in [0.25, 0.3) is 0 Å². The fourth-order valence-corrected chi connectivity index (χ4v) is 9.05. The highest BCUT2D eigenvalue weighted by molar-refractivity contribution is 6.36. The maximum atomic E-state index is 9.63. The lowest BCUT2D eigenvalue weighted by Gasteiger charge is -2.26. The van der Waals surface area contributed by atoms with Gasteiger partial charge in [0.15, 0.2) is 0 Å². The molecule has 3 nitrogen and oxygen atoms in total. The van der Waals surface area contributed by atoms with Crippen LogP contribution in [0.5, 0.6) is 0 Å². The SMILES string of the molecule is N=C(/C(=C1\NC(c2ccccc2)=Cc2cc(-c3ccc(-c4cc(-c5ccccc5)nc(-c5cc(-c6ccccc6)cc(-c6ccccc6)c5)c4)cc3)ccc21)c1ccccc1)c1ccccc1. The van der Waals surface area contributed by atoms with Crippen molar-refractivity contribution < 1.29 is 0 Å². The zero-order valence-electron chi connectivity index (χ0n) is 36.8. The van der Waals surface area contributed by atoms with Crippen molar-refractivity contribution in [1.82, 2.24) is 10.3 Å². The van der Waals surface area contributed by atoms with Crippen LogP contribution in [0.2, 0.25) is 0 Å². The topological polar surface area (TPSA) is 48.8 Å². The summed E-state index contributed by atoms with van der Waals surface area (Å²) in [7, 11) is 0. The molecule has 0 fully saturated rings. The largest absolute Gasteiger partial charge is 0.354 e. The van der Waals surface area contributed by atoms with Gasteiger partial charge in [-0.15, -0.1) is 0 Å². The molecule has 1 aromatic heterocycles. The molecule has 0 spiro atoms. The summed E-state index contributed by atoms with van der Waals surface area (Å²) < 4.78 is 0. The lowest BCUT2D eigenvalue weighted by Crippen LogP contribution is -2.20. The Balaban J connectivity index is 1.01. The van der Waals surface area contributed by atoms with Crippen molar-refractivity contribution >= 4 is 28.8 Å². The summed E-state index contributed by atoms with van der Waals surface area (Å²) in [5, 5.41) is 13.4. The molecule has 0 saturated heterocycles. The molecule has 0 amide bonds. The molecule has 1 aliphatic heterocycles. The zero-order valence-corrected chi connectivity index (χ0v) is 36.8. The van der Waals surface area contributed by atoms with E-state index >= 15 is 0 Å². The van der Waals surface area contributed by atoms with Crippen LogP contribution in [0.4, 0.5) is 0 Å². The fraction of sp³-hybridized carbons (Fsp3) is 0. The van der Waals surface area contributed by atoms with Crippen LogP contribution >= 0.6 is 0 Å². The molecule has 316 valence electrons. The van der Waals surface area contributed by atoms with Gasteiger partial charge >= 0.3 is 0 Å². The van der Waals surface area contributed by atoms with Gasteiger partial charge in [0, 0.05) is 33.5 Å². The van der Waals surface area contributed by atoms with E-state index in [1.807, 2.05) is 60.7 Å². The molecular weight excluding hydrogens is 811 g/mol. The first-order chi connectivity index (χ1) is 33.1. The molecule has 67 heavy (non-hydrogen) atoms. The van der Waals surface area contributed by atoms with Gasteiger partial charge in [0.2, 0.25) is 0 Å². The van der Waals surface area contributed by atoms with Crippen molar-refractivity contribution in [1.29, 1.82) is 5.41 Å². The van der Waals surface area contributed by atoms with E-state index in [2.05, 4.69) is 206 Å². The molecule has 2 heterocycles. The van der Waals surface area contributed by atoms with Crippen molar-refractivity contribution in [2.45, 2.75) is 0 Å². The maximum Gasteiger partial charge on any atom is 0.0716 e. The lowest BCUT2D eigenvalue weighted by molar-refractivity contribution is 1.22. The molecule has 10 aromatic rings. The van der Waals surface area contributed by atoms with E-state index in [4.69, 9.17) is 4.98 Å². The number of hydrogen-bond acceptors (Lipinski definition) is 3. The highest BCUT2D eigenvalue weighted by atomic mass is 14.9. The number of benzene rings is 9. The molecule has 0 radical (unpaired) electrons. The number of hydrogen-bond donors (Lipinski definition) is 2. The van der Waals surface area contributed by atoms with Crippen molar-refractivity contribution in [3.05, 3.63) is 283 Å². The van der Waals surface area contributed by atoms with Crippen LogP contribution in [0.15, 0.2) is 255 Å². The van der Waals surface area contributed by atoms with E-state index in [1.165, 1.54) is 0 Å². The van der Waals surface area contributed by atoms with Crippen LogP contribution in [-0.2, 0) is 0 Å². The molecule has 11 rings (SSSR count). The lowest BCUT2D eigenvalue weighted by atomic mass is 9.87. The molecule has 0 atom stereocenters. The third-order valence-electron chi connectivity index (χ3n) is 12.5. The normalized spacial score (nSPS) is 12.6. The summed E-state index contributed by atoms with van der Waals surface area (Å²) in [6.45, 7) is 0. The molecule has 3 heteroatoms. The van der Waals surface area contributed by atoms with Crippen LogP contribution in [0.25, 0.3) is 90.1 Å². The number of rotatable bonds is 10. The number of pyridine rings is 1. The Labute approximate surface area is 392 Å². The van der Waals surface area contributed by atoms with Crippen molar-refractivity contribution in [2.24, 2.45) is 0 Å². The number of nitrogens with zero attached hydrogens (tertiary/aromatic N) is 1. The van der Waals surface area contributed by atoms with E-state index < -0.39 is 0 Å². The second-order valence-electron chi connectivity index (χ2n) is 16.8. The molecule has 0 saturated carbocycles. The van der Waals surface area contributed by atoms with Gasteiger partial charge < -0.3 is 5.32 Å². The summed E-state index contributed by atoms with van der Waals surface area (Å²) in [5.41, 5.74) is 21.3. The van der Waals surface area contributed by atoms with E-state index in [1.54, 1.807) is 0 Å². The van der Waals surface area contributed by atoms with Gasteiger partial charge in [0.05, 0.1) is 22.8 Å². The Morgan fingerprint density at radius 3 is 1.28 bits per heavy atom. The first kappa shape index (κ1) is 40.8. The highest BCUT2D eigenvalue weighted by Gasteiger charge is 2.24. The summed E-state index contributed by atoms with van der Waals surface area (Å²) in [6.07, 6.45) is 2.24. The minimum atomic E-state index is 0.462. The van der Waals surface area contributed by atoms with Gasteiger partial charge in [-0.2, -0.15) is 0 Å². The first-order valence-corrected chi connectivity index (χ1v) is 22.7. The quantitative estimate of drug-likeness (QED) is 0.135. The molecule has 0 aliphatic carbocycles. The third-order valence-corrected chi connectivity index (χ3v) is 12.5. The van der Waals surface area contributed by atoms with E-state index in [0.717, 1.165) is 112 Å². The van der Waals surface area contributed by atoms with Gasteiger partial charge in [-0.3, -0.25) is 5.41 Å². The Hall–Kier alpha value is -8.92. The average molecular weight is 856 g/mol. The second kappa shape index (κ2) is 18.3. The highest BCUT2D eigenvalue weighted by Crippen LogP contribution is 2.40. The maximum absolute atomic E-state index is 9.63. The van der Waals surface area contributed by atoms with Gasteiger partial charge in [-0.1, -0.05) is 218 Å². The summed E-state index contributed by atoms with van der Waals surface area (Å²) in [6, 6.07) is 89.2. The summed E-state index contributed by atoms with van der Waals surface area (Å²) in [4.78, 5) is 5.34. The molecular formula is C64H45N3. The summed E-state index contributed by atoms with van der Waals surface area (Å²) in [5.74, 6) is 0. The van der Waals surface area contributed by atoms with Gasteiger partial charge in [-0.05, 0) is 104 Å². The average Bonchev–Trinajstić information content (AvgIpc) is 3.42. The third kappa shape index (κ3) is 8.58. The minimum absolute atomic E-state index is 0.462. The first-order valence-electron chi connectivity index (χ1n) is 22.7. The Morgan fingerprint density at radius 2 is 0.731 bits per heavy atom. The van der Waals surface area contributed by atoms with Crippen molar-refractivity contribution in [2.75, 3.05) is 0 Å². The smallest absolute Gasteiger partial charge is 0.0716 e. The zero-order chi connectivity index (χ0) is 44.9. The van der Waals surface area contributed by atoms with E-state index in [-0.39, 0.29) is 0 Å². The number of fused-ring (bicyclic) bond motifs is 1. The van der Waals surface area contributed by atoms with Crippen LogP contribution in [0.3, 0.4) is 0 Å². The van der Waals surface area contributed by atoms with Gasteiger partial charge in [-0.25, -0.2) is 4.98 Å². The van der Waals surface area contributed by atoms with E-state index in [9.17, 15) is 5.41 Å². The molecule has 9 aromatic carbocycles. The van der Waals surface area contributed by atoms with Crippen LogP contribution in [0, 0.1) is 5.41 Å². The second-order valence-corrected chi connectivity index (χ2v) is 16.8. The number of nitrogens with one attached hydrogen (secondary N) is 2. The molecule has 0 unspecified atom stereocenters. The van der Waals surface area contributed by atoms with Crippen LogP contribution < -0.4 is 5.32 Å². The fourth-order valence-electron chi connectivity index (χ4n) is 9.05. The standard InChI is InChI=1S/C64H45N3/c65-63(51-29-17-6-18-30-51)62(50-27-15-5-16-28-50)64-58-36-35-52(37-56(58)43-60(67-64)49-25-13-4-14-26-49)46-31-33-47(34-32-46)55-41-59(48-23-11-3-12-24-48)66-61(42-55)57-39-53(44-19-7-1-8-20-44)38-54(40-57)45-21-9-2-10-22-45/h1-43,65,67H/b64-62-,65-63?. The molecule has 2 N–H and O–H groups in total. The number of allylic oxidation sites excluding steroid dienone is 1. The Morgan fingerprint density at radius 1 is 0.328 bits per heavy atom. The predicted octanol–water partition coefficient (Wildman–Crippen LogP) is 16.1. The van der Waals surface area contributed by atoms with Gasteiger partial charge in [0.1, 0.15) is 0 Å². The summed E-state index contributed by atoms with van der Waals surface area (Å²) >= 11 is 0. The van der Waals surface area contributed by atoms with E-state index in [0.29, 0.717) is 5.71 Å². The Kier molecular flexibility index (Phi) is 11.1. The number of aromatic nitrogens is 1. The van der Waals surface area contributed by atoms with Crippen LogP contribution in [0.1, 0.15) is 27.8 Å². The monoisotopic (exact) mass is 855 g/mol. The molecule has 1 aliphatic rings. The van der Waals surface area contributed by atoms with Crippen molar-refractivity contribution in [3.63, 3.8) is 0 Å². The predicted molar refractivity (Wildman–Crippen MR) is 281 cm³/mol. The Bertz CT molecular complexity index is 3380. The van der Waals surface area contributed by atoms with Crippen LogP contribution in [-0.4, -0.2) is 10.7 Å².